The second-order valence-electron chi connectivity index (χ2n) is 14.7. The summed E-state index contributed by atoms with van der Waals surface area (Å²) < 4.78 is 3.82. The van der Waals surface area contributed by atoms with Crippen LogP contribution in [0.3, 0.4) is 0 Å². The summed E-state index contributed by atoms with van der Waals surface area (Å²) in [6.07, 6.45) is 0. The van der Waals surface area contributed by atoms with Gasteiger partial charge in [0.15, 0.2) is 17.5 Å². The van der Waals surface area contributed by atoms with Crippen LogP contribution in [-0.2, 0) is 5.41 Å². The van der Waals surface area contributed by atoms with Crippen LogP contribution in [-0.4, -0.2) is 19.9 Å². The zero-order valence-electron chi connectivity index (χ0n) is 30.1. The first-order valence-electron chi connectivity index (χ1n) is 18.4. The molecule has 0 fully saturated rings. The summed E-state index contributed by atoms with van der Waals surface area (Å²) >= 11 is 3.60. The van der Waals surface area contributed by atoms with Crippen LogP contribution < -0.4 is 0 Å². The fraction of sp³-hybridized carbons (Fsp3) is 0.0612. The average molecular weight is 741 g/mol. The molecule has 0 radical (unpaired) electrons. The number of hydrogen-bond acceptors (Lipinski definition) is 6. The molecule has 1 aliphatic rings. The van der Waals surface area contributed by atoms with Crippen molar-refractivity contribution in [3.8, 4) is 67.5 Å². The van der Waals surface area contributed by atoms with E-state index in [9.17, 15) is 0 Å². The topological polar surface area (TPSA) is 51.6 Å². The summed E-state index contributed by atoms with van der Waals surface area (Å²) in [5.41, 5.74) is 16.0. The van der Waals surface area contributed by atoms with Gasteiger partial charge >= 0.3 is 0 Å². The zero-order valence-corrected chi connectivity index (χ0v) is 31.7. The number of benzene rings is 7. The third kappa shape index (κ3) is 5.17. The molecule has 0 unspecified atom stereocenters. The largest absolute Gasteiger partial charge is 0.245 e. The van der Waals surface area contributed by atoms with Crippen molar-refractivity contribution in [3.05, 3.63) is 168 Å². The van der Waals surface area contributed by atoms with E-state index in [1.807, 2.05) is 77.5 Å². The molecule has 4 nitrogen and oxygen atoms in total. The lowest BCUT2D eigenvalue weighted by Crippen LogP contribution is -2.15. The molecule has 0 aliphatic heterocycles. The number of thiophene rings is 1. The standard InChI is InChI=1S/C49H32N4S2/c1-49(2)40-25-32(22-23-36(40)39-26-42-43(27-41(39)49)54-28-50-42)35-19-11-21-38-37-20-10-18-34(44(37)55-45(35)38)31-16-9-17-33(24-31)48-52-46(29-12-5-3-6-13-29)51-47(53-48)30-14-7-4-8-15-30/h3-28H,1-2H3. The van der Waals surface area contributed by atoms with E-state index in [4.69, 9.17) is 15.0 Å². The van der Waals surface area contributed by atoms with Gasteiger partial charge in [-0.15, -0.1) is 22.7 Å². The van der Waals surface area contributed by atoms with Gasteiger partial charge in [0.05, 0.1) is 15.7 Å². The van der Waals surface area contributed by atoms with Gasteiger partial charge in [0.2, 0.25) is 0 Å². The minimum absolute atomic E-state index is 0.104. The quantitative estimate of drug-likeness (QED) is 0.176. The summed E-state index contributed by atoms with van der Waals surface area (Å²) in [7, 11) is 0. The van der Waals surface area contributed by atoms with E-state index in [1.165, 1.54) is 63.8 Å². The molecule has 7 aromatic carbocycles. The molecule has 11 rings (SSSR count). The van der Waals surface area contributed by atoms with E-state index in [2.05, 4.69) is 110 Å². The molecule has 10 aromatic rings. The number of nitrogens with zero attached hydrogens (tertiary/aromatic N) is 4. The van der Waals surface area contributed by atoms with E-state index in [0.717, 1.165) is 27.8 Å². The molecule has 0 spiro atoms. The normalized spacial score (nSPS) is 13.1. The van der Waals surface area contributed by atoms with Crippen LogP contribution in [0, 0.1) is 0 Å². The Labute approximate surface area is 326 Å². The van der Waals surface area contributed by atoms with E-state index in [1.54, 1.807) is 11.3 Å². The molecule has 6 heteroatoms. The van der Waals surface area contributed by atoms with Crippen molar-refractivity contribution in [2.75, 3.05) is 0 Å². The maximum Gasteiger partial charge on any atom is 0.164 e. The molecule has 3 aromatic heterocycles. The zero-order chi connectivity index (χ0) is 36.7. The van der Waals surface area contributed by atoms with Gasteiger partial charge in [-0.2, -0.15) is 0 Å². The lowest BCUT2D eigenvalue weighted by molar-refractivity contribution is 0.661. The number of rotatable bonds is 5. The van der Waals surface area contributed by atoms with Crippen LogP contribution in [0.1, 0.15) is 25.0 Å². The first-order chi connectivity index (χ1) is 27.0. The Bertz CT molecular complexity index is 3070. The highest BCUT2D eigenvalue weighted by molar-refractivity contribution is 7.26. The van der Waals surface area contributed by atoms with E-state index < -0.39 is 0 Å². The Morgan fingerprint density at radius 1 is 0.436 bits per heavy atom. The van der Waals surface area contributed by atoms with Crippen LogP contribution >= 0.6 is 22.7 Å². The minimum Gasteiger partial charge on any atom is -0.245 e. The Hall–Kier alpha value is -6.34. The van der Waals surface area contributed by atoms with Gasteiger partial charge in [-0.3, -0.25) is 0 Å². The minimum atomic E-state index is -0.104. The van der Waals surface area contributed by atoms with Crippen LogP contribution in [0.4, 0.5) is 0 Å². The molecule has 0 saturated carbocycles. The van der Waals surface area contributed by atoms with Crippen molar-refractivity contribution in [1.82, 2.24) is 19.9 Å². The van der Waals surface area contributed by atoms with Gasteiger partial charge in [-0.25, -0.2) is 19.9 Å². The first kappa shape index (κ1) is 32.1. The molecule has 55 heavy (non-hydrogen) atoms. The van der Waals surface area contributed by atoms with Crippen LogP contribution in [0.2, 0.25) is 0 Å². The van der Waals surface area contributed by atoms with Crippen molar-refractivity contribution in [2.24, 2.45) is 0 Å². The van der Waals surface area contributed by atoms with Crippen molar-refractivity contribution in [1.29, 1.82) is 0 Å². The maximum absolute atomic E-state index is 5.01. The highest BCUT2D eigenvalue weighted by atomic mass is 32.1. The van der Waals surface area contributed by atoms with Crippen molar-refractivity contribution < 1.29 is 0 Å². The molecular weight excluding hydrogens is 709 g/mol. The van der Waals surface area contributed by atoms with Crippen LogP contribution in [0.15, 0.2) is 157 Å². The Morgan fingerprint density at radius 2 is 0.982 bits per heavy atom. The highest BCUT2D eigenvalue weighted by Gasteiger charge is 2.36. The van der Waals surface area contributed by atoms with E-state index in [-0.39, 0.29) is 5.41 Å². The molecule has 0 saturated heterocycles. The number of thiazole rings is 1. The SMILES string of the molecule is CC1(C)c2cc(-c3cccc4c3sc3c(-c5cccc(-c6nc(-c7ccccc7)nc(-c7ccccc7)n6)c5)cccc34)ccc2-c2cc3ncsc3cc21. The van der Waals surface area contributed by atoms with Crippen molar-refractivity contribution in [3.63, 3.8) is 0 Å². The molecule has 1 aliphatic carbocycles. The van der Waals surface area contributed by atoms with Crippen molar-refractivity contribution >= 4 is 53.1 Å². The molecule has 3 heterocycles. The second kappa shape index (κ2) is 12.4. The summed E-state index contributed by atoms with van der Waals surface area (Å²) in [5.74, 6) is 1.97. The highest BCUT2D eigenvalue weighted by Crippen LogP contribution is 2.52. The fourth-order valence-electron chi connectivity index (χ4n) is 8.29. The van der Waals surface area contributed by atoms with Gasteiger partial charge in [0.25, 0.3) is 0 Å². The lowest BCUT2D eigenvalue weighted by atomic mass is 9.81. The third-order valence-corrected chi connectivity index (χ3v) is 13.2. The number of hydrogen-bond donors (Lipinski definition) is 0. The molecule has 0 N–H and O–H groups in total. The summed E-state index contributed by atoms with van der Waals surface area (Å²) in [5, 5.41) is 2.55. The Balaban J connectivity index is 1.03. The second-order valence-corrected chi connectivity index (χ2v) is 16.6. The number of fused-ring (bicyclic) bond motifs is 7. The van der Waals surface area contributed by atoms with Gasteiger partial charge in [0, 0.05) is 42.3 Å². The van der Waals surface area contributed by atoms with Crippen molar-refractivity contribution in [2.45, 2.75) is 19.3 Å². The smallest absolute Gasteiger partial charge is 0.164 e. The van der Waals surface area contributed by atoms with Gasteiger partial charge in [-0.1, -0.05) is 141 Å². The van der Waals surface area contributed by atoms with Gasteiger partial charge in [-0.05, 0) is 68.8 Å². The van der Waals surface area contributed by atoms with Gasteiger partial charge in [0.1, 0.15) is 0 Å². The van der Waals surface area contributed by atoms with Crippen LogP contribution in [0.5, 0.6) is 0 Å². The summed E-state index contributed by atoms with van der Waals surface area (Å²) in [4.78, 5) is 19.6. The monoisotopic (exact) mass is 740 g/mol. The van der Waals surface area contributed by atoms with E-state index in [0.29, 0.717) is 17.5 Å². The molecule has 260 valence electrons. The predicted octanol–water partition coefficient (Wildman–Crippen LogP) is 13.5. The lowest BCUT2D eigenvalue weighted by Gasteiger charge is -2.22. The first-order valence-corrected chi connectivity index (χ1v) is 20.1. The fourth-order valence-corrected chi connectivity index (χ4v) is 10.4. The van der Waals surface area contributed by atoms with E-state index >= 15 is 0 Å². The predicted molar refractivity (Wildman–Crippen MR) is 231 cm³/mol. The average Bonchev–Trinajstić information content (AvgIpc) is 3.93. The third-order valence-electron chi connectivity index (χ3n) is 11.1. The van der Waals surface area contributed by atoms with Gasteiger partial charge < -0.3 is 0 Å². The summed E-state index contributed by atoms with van der Waals surface area (Å²) in [6, 6.07) is 54.0. The number of aromatic nitrogens is 4. The summed E-state index contributed by atoms with van der Waals surface area (Å²) in [6.45, 7) is 4.72. The maximum atomic E-state index is 5.01. The molecule has 0 amide bonds. The Kier molecular flexibility index (Phi) is 7.21. The molecule has 0 bridgehead atoms. The molecular formula is C49H32N4S2. The van der Waals surface area contributed by atoms with Crippen LogP contribution in [0.25, 0.3) is 97.9 Å². The molecule has 0 atom stereocenters. The Morgan fingerprint density at radius 3 is 1.64 bits per heavy atom.